The van der Waals surface area contributed by atoms with Crippen molar-refractivity contribution in [2.24, 2.45) is 0 Å². The van der Waals surface area contributed by atoms with E-state index in [1.54, 1.807) is 48.5 Å². The van der Waals surface area contributed by atoms with Gasteiger partial charge in [-0.1, -0.05) is 44.2 Å². The van der Waals surface area contributed by atoms with Gasteiger partial charge in [-0.05, 0) is 53.9 Å². The van der Waals surface area contributed by atoms with E-state index in [9.17, 15) is 14.4 Å². The van der Waals surface area contributed by atoms with Crippen molar-refractivity contribution in [1.29, 1.82) is 0 Å². The number of anilines is 2. The molecule has 0 saturated carbocycles. The van der Waals surface area contributed by atoms with Crippen LogP contribution in [0.1, 0.15) is 46.0 Å². The summed E-state index contributed by atoms with van der Waals surface area (Å²) in [5.41, 5.74) is 2.81. The van der Waals surface area contributed by atoms with E-state index in [1.165, 1.54) is 5.56 Å². The molecular formula is C25H22N2O4. The van der Waals surface area contributed by atoms with Gasteiger partial charge >= 0.3 is 0 Å². The third-order valence-corrected chi connectivity index (χ3v) is 5.10. The van der Waals surface area contributed by atoms with Crippen molar-refractivity contribution in [3.05, 3.63) is 89.5 Å². The number of rotatable bonds is 6. The zero-order valence-electron chi connectivity index (χ0n) is 17.3. The second-order valence-corrected chi connectivity index (χ2v) is 7.60. The molecule has 1 aliphatic heterocycles. The zero-order chi connectivity index (χ0) is 22.0. The number of carbonyl (C=O) groups excluding carboxylic acids is 3. The van der Waals surface area contributed by atoms with Crippen molar-refractivity contribution in [2.45, 2.75) is 19.8 Å². The molecule has 0 atom stereocenters. The van der Waals surface area contributed by atoms with E-state index >= 15 is 0 Å². The van der Waals surface area contributed by atoms with Crippen molar-refractivity contribution in [1.82, 2.24) is 0 Å². The lowest BCUT2D eigenvalue weighted by molar-refractivity contribution is -0.118. The number of nitrogens with zero attached hydrogens (tertiary/aromatic N) is 1. The maximum Gasteiger partial charge on any atom is 0.266 e. The van der Waals surface area contributed by atoms with E-state index in [-0.39, 0.29) is 24.3 Å². The van der Waals surface area contributed by atoms with Gasteiger partial charge in [-0.2, -0.15) is 0 Å². The second kappa shape index (κ2) is 8.44. The number of carbonyl (C=O) groups is 3. The highest BCUT2D eigenvalue weighted by Crippen LogP contribution is 2.29. The van der Waals surface area contributed by atoms with Crippen LogP contribution in [0.3, 0.4) is 0 Å². The molecule has 0 saturated heterocycles. The molecule has 0 bridgehead atoms. The van der Waals surface area contributed by atoms with E-state index in [4.69, 9.17) is 4.74 Å². The van der Waals surface area contributed by atoms with Crippen LogP contribution in [0, 0.1) is 0 Å². The normalized spacial score (nSPS) is 12.8. The summed E-state index contributed by atoms with van der Waals surface area (Å²) in [4.78, 5) is 38.8. The molecule has 6 nitrogen and oxygen atoms in total. The van der Waals surface area contributed by atoms with Crippen LogP contribution in [-0.2, 0) is 4.79 Å². The molecule has 31 heavy (non-hydrogen) atoms. The quantitative estimate of drug-likeness (QED) is 0.597. The first-order chi connectivity index (χ1) is 14.9. The molecule has 3 aromatic rings. The Hall–Kier alpha value is -3.93. The summed E-state index contributed by atoms with van der Waals surface area (Å²) in [5, 5.41) is 2.74. The molecule has 3 aromatic carbocycles. The van der Waals surface area contributed by atoms with Crippen molar-refractivity contribution < 1.29 is 19.1 Å². The number of nitrogens with one attached hydrogen (secondary N) is 1. The van der Waals surface area contributed by atoms with Crippen LogP contribution < -0.4 is 15.0 Å². The third-order valence-electron chi connectivity index (χ3n) is 5.10. The second-order valence-electron chi connectivity index (χ2n) is 7.60. The summed E-state index contributed by atoms with van der Waals surface area (Å²) in [5.74, 6) is -0.0620. The number of hydrogen-bond acceptors (Lipinski definition) is 4. The largest absolute Gasteiger partial charge is 0.484 e. The highest BCUT2D eigenvalue weighted by Gasteiger charge is 2.36. The molecule has 0 radical (unpaired) electrons. The number of hydrogen-bond donors (Lipinski definition) is 1. The Kier molecular flexibility index (Phi) is 5.54. The summed E-state index contributed by atoms with van der Waals surface area (Å²) in [6, 6.07) is 21.0. The maximum absolute atomic E-state index is 12.7. The van der Waals surface area contributed by atoms with Crippen LogP contribution in [0.25, 0.3) is 0 Å². The summed E-state index contributed by atoms with van der Waals surface area (Å²) in [6.07, 6.45) is 0. The zero-order valence-corrected chi connectivity index (χ0v) is 17.3. The number of amides is 3. The van der Waals surface area contributed by atoms with Crippen molar-refractivity contribution in [2.75, 3.05) is 16.8 Å². The van der Waals surface area contributed by atoms with Gasteiger partial charge < -0.3 is 10.1 Å². The van der Waals surface area contributed by atoms with Crippen molar-refractivity contribution in [3.8, 4) is 5.75 Å². The molecule has 0 spiro atoms. The van der Waals surface area contributed by atoms with Crippen LogP contribution >= 0.6 is 0 Å². The topological polar surface area (TPSA) is 75.7 Å². The van der Waals surface area contributed by atoms with Gasteiger partial charge in [0.05, 0.1) is 16.8 Å². The Balaban J connectivity index is 1.41. The highest BCUT2D eigenvalue weighted by molar-refractivity contribution is 6.34. The number of ether oxygens (including phenoxy) is 1. The fraction of sp³-hybridized carbons (Fsp3) is 0.160. The Morgan fingerprint density at radius 2 is 1.55 bits per heavy atom. The molecule has 156 valence electrons. The molecule has 1 aliphatic rings. The Morgan fingerprint density at radius 3 is 2.16 bits per heavy atom. The molecule has 4 rings (SSSR count). The maximum atomic E-state index is 12.7. The average Bonchev–Trinajstić information content (AvgIpc) is 3.03. The molecule has 0 aliphatic carbocycles. The van der Waals surface area contributed by atoms with Gasteiger partial charge in [-0.3, -0.25) is 14.4 Å². The average molecular weight is 414 g/mol. The first kappa shape index (κ1) is 20.3. The first-order valence-corrected chi connectivity index (χ1v) is 10.0. The van der Waals surface area contributed by atoms with Crippen LogP contribution in [-0.4, -0.2) is 24.3 Å². The number of imide groups is 1. The smallest absolute Gasteiger partial charge is 0.266 e. The molecule has 1 N–H and O–H groups in total. The highest BCUT2D eigenvalue weighted by atomic mass is 16.5. The number of fused-ring (bicyclic) bond motifs is 1. The third kappa shape index (κ3) is 4.19. The Bertz CT molecular complexity index is 1120. The van der Waals surface area contributed by atoms with E-state index in [1.807, 2.05) is 24.3 Å². The standard InChI is InChI=1S/C25H22N2O4/c1-16(2)17-10-12-20(13-11-17)31-15-23(28)26-18-6-5-7-19(14-18)27-24(29)21-8-3-4-9-22(21)25(27)30/h3-14,16H,15H2,1-2H3,(H,26,28). The summed E-state index contributed by atoms with van der Waals surface area (Å²) in [6.45, 7) is 4.07. The van der Waals surface area contributed by atoms with Crippen LogP contribution in [0.5, 0.6) is 5.75 Å². The van der Waals surface area contributed by atoms with E-state index in [2.05, 4.69) is 19.2 Å². The summed E-state index contributed by atoms with van der Waals surface area (Å²) in [7, 11) is 0. The van der Waals surface area contributed by atoms with Gasteiger partial charge in [0.25, 0.3) is 17.7 Å². The minimum atomic E-state index is -0.378. The van der Waals surface area contributed by atoms with Gasteiger partial charge in [-0.15, -0.1) is 0 Å². The van der Waals surface area contributed by atoms with Crippen molar-refractivity contribution in [3.63, 3.8) is 0 Å². The fourth-order valence-corrected chi connectivity index (χ4v) is 3.44. The van der Waals surface area contributed by atoms with Crippen LogP contribution in [0.4, 0.5) is 11.4 Å². The lowest BCUT2D eigenvalue weighted by atomic mass is 10.0. The van der Waals surface area contributed by atoms with E-state index < -0.39 is 0 Å². The molecule has 3 amide bonds. The monoisotopic (exact) mass is 414 g/mol. The van der Waals surface area contributed by atoms with E-state index in [0.29, 0.717) is 34.2 Å². The lowest BCUT2D eigenvalue weighted by Crippen LogP contribution is -2.29. The molecule has 0 aromatic heterocycles. The van der Waals surface area contributed by atoms with Gasteiger partial charge in [-0.25, -0.2) is 4.90 Å². The first-order valence-electron chi connectivity index (χ1n) is 10.0. The minimum Gasteiger partial charge on any atom is -0.484 e. The van der Waals surface area contributed by atoms with Crippen LogP contribution in [0.2, 0.25) is 0 Å². The number of benzene rings is 3. The summed E-state index contributed by atoms with van der Waals surface area (Å²) < 4.78 is 5.55. The van der Waals surface area contributed by atoms with Gasteiger partial charge in [0.2, 0.25) is 0 Å². The SMILES string of the molecule is CC(C)c1ccc(OCC(=O)Nc2cccc(N3C(=O)c4ccccc4C3=O)c2)cc1. The Morgan fingerprint density at radius 1 is 0.903 bits per heavy atom. The molecule has 6 heteroatoms. The molecule has 0 unspecified atom stereocenters. The fourth-order valence-electron chi connectivity index (χ4n) is 3.44. The van der Waals surface area contributed by atoms with Crippen LogP contribution in [0.15, 0.2) is 72.8 Å². The predicted octanol–water partition coefficient (Wildman–Crippen LogP) is 4.63. The molecule has 0 fully saturated rings. The minimum absolute atomic E-state index is 0.154. The van der Waals surface area contributed by atoms with E-state index in [0.717, 1.165) is 4.90 Å². The molecule has 1 heterocycles. The molecular weight excluding hydrogens is 392 g/mol. The van der Waals surface area contributed by atoms with Gasteiger partial charge in [0.15, 0.2) is 6.61 Å². The predicted molar refractivity (Wildman–Crippen MR) is 119 cm³/mol. The lowest BCUT2D eigenvalue weighted by Gasteiger charge is -2.15. The Labute approximate surface area is 180 Å². The van der Waals surface area contributed by atoms with Crippen molar-refractivity contribution >= 4 is 29.1 Å². The van der Waals surface area contributed by atoms with Gasteiger partial charge in [0.1, 0.15) is 5.75 Å². The summed E-state index contributed by atoms with van der Waals surface area (Å²) >= 11 is 0. The van der Waals surface area contributed by atoms with Gasteiger partial charge in [0, 0.05) is 5.69 Å².